The summed E-state index contributed by atoms with van der Waals surface area (Å²) in [5, 5.41) is 8.96. The highest BCUT2D eigenvalue weighted by molar-refractivity contribution is 5.77. The molecule has 0 saturated heterocycles. The SMILES string of the molecule is O=C(O)CN(C/C=C/c1ccccc1)C(=O)OCc1ccccc1. The van der Waals surface area contributed by atoms with Gasteiger partial charge in [0.15, 0.2) is 0 Å². The second-order valence-corrected chi connectivity index (χ2v) is 5.13. The molecule has 0 spiro atoms. The summed E-state index contributed by atoms with van der Waals surface area (Å²) in [6.07, 6.45) is 2.92. The minimum Gasteiger partial charge on any atom is -0.480 e. The summed E-state index contributed by atoms with van der Waals surface area (Å²) in [7, 11) is 0. The Labute approximate surface area is 140 Å². The van der Waals surface area contributed by atoms with Crippen molar-refractivity contribution in [3.8, 4) is 0 Å². The number of carbonyl (C=O) groups is 2. The van der Waals surface area contributed by atoms with Crippen LogP contribution < -0.4 is 0 Å². The second kappa shape index (κ2) is 9.15. The molecule has 0 aliphatic carbocycles. The van der Waals surface area contributed by atoms with Gasteiger partial charge in [0.1, 0.15) is 13.2 Å². The van der Waals surface area contributed by atoms with E-state index >= 15 is 0 Å². The van der Waals surface area contributed by atoms with Crippen LogP contribution in [0.2, 0.25) is 0 Å². The Morgan fingerprint density at radius 3 is 2.25 bits per heavy atom. The summed E-state index contributed by atoms with van der Waals surface area (Å²) in [5.74, 6) is -1.08. The Hall–Kier alpha value is -3.08. The van der Waals surface area contributed by atoms with E-state index < -0.39 is 18.6 Å². The molecule has 5 heteroatoms. The first-order valence-electron chi connectivity index (χ1n) is 7.54. The quantitative estimate of drug-likeness (QED) is 0.847. The maximum absolute atomic E-state index is 12.1. The van der Waals surface area contributed by atoms with E-state index in [0.717, 1.165) is 16.0 Å². The molecular formula is C19H19NO4. The minimum atomic E-state index is -1.08. The van der Waals surface area contributed by atoms with Gasteiger partial charge >= 0.3 is 12.1 Å². The second-order valence-electron chi connectivity index (χ2n) is 5.13. The van der Waals surface area contributed by atoms with Crippen molar-refractivity contribution in [1.29, 1.82) is 0 Å². The fraction of sp³-hybridized carbons (Fsp3) is 0.158. The third-order valence-electron chi connectivity index (χ3n) is 3.23. The first kappa shape index (κ1) is 17.3. The predicted octanol–water partition coefficient (Wildman–Crippen LogP) is 3.42. The molecule has 2 rings (SSSR count). The number of carboxylic acid groups (broad SMARTS) is 1. The number of hydrogen-bond acceptors (Lipinski definition) is 3. The lowest BCUT2D eigenvalue weighted by Gasteiger charge is -2.18. The monoisotopic (exact) mass is 325 g/mol. The number of carboxylic acids is 1. The predicted molar refractivity (Wildman–Crippen MR) is 91.3 cm³/mol. The van der Waals surface area contributed by atoms with Gasteiger partial charge in [-0.3, -0.25) is 9.69 Å². The molecule has 2 aromatic rings. The van der Waals surface area contributed by atoms with Crippen LogP contribution in [0.25, 0.3) is 6.08 Å². The van der Waals surface area contributed by atoms with Crippen molar-refractivity contribution in [2.24, 2.45) is 0 Å². The number of carbonyl (C=O) groups excluding carboxylic acids is 1. The van der Waals surface area contributed by atoms with E-state index in [1.54, 1.807) is 6.08 Å². The lowest BCUT2D eigenvalue weighted by atomic mass is 10.2. The van der Waals surface area contributed by atoms with Crippen molar-refractivity contribution in [3.63, 3.8) is 0 Å². The van der Waals surface area contributed by atoms with E-state index in [4.69, 9.17) is 9.84 Å². The summed E-state index contributed by atoms with van der Waals surface area (Å²) in [5.41, 5.74) is 1.83. The number of nitrogens with zero attached hydrogens (tertiary/aromatic N) is 1. The van der Waals surface area contributed by atoms with Gasteiger partial charge in [0.05, 0.1) is 0 Å². The van der Waals surface area contributed by atoms with Crippen LogP contribution in [0.15, 0.2) is 66.7 Å². The molecule has 0 bridgehead atoms. The van der Waals surface area contributed by atoms with Gasteiger partial charge in [0, 0.05) is 6.54 Å². The van der Waals surface area contributed by atoms with Gasteiger partial charge in [-0.25, -0.2) is 4.79 Å². The molecule has 2 aromatic carbocycles. The van der Waals surface area contributed by atoms with Gasteiger partial charge in [-0.2, -0.15) is 0 Å². The maximum Gasteiger partial charge on any atom is 0.410 e. The van der Waals surface area contributed by atoms with E-state index in [9.17, 15) is 9.59 Å². The van der Waals surface area contributed by atoms with E-state index in [1.165, 1.54) is 0 Å². The van der Waals surface area contributed by atoms with Crippen LogP contribution in [-0.4, -0.2) is 35.2 Å². The van der Waals surface area contributed by atoms with Gasteiger partial charge in [0.2, 0.25) is 0 Å². The highest BCUT2D eigenvalue weighted by Crippen LogP contribution is 2.05. The van der Waals surface area contributed by atoms with Gasteiger partial charge < -0.3 is 9.84 Å². The number of rotatable bonds is 7. The molecule has 0 heterocycles. The summed E-state index contributed by atoms with van der Waals surface area (Å²) >= 11 is 0. The molecule has 0 fully saturated rings. The van der Waals surface area contributed by atoms with Gasteiger partial charge in [-0.05, 0) is 11.1 Å². The first-order chi connectivity index (χ1) is 11.6. The molecule has 24 heavy (non-hydrogen) atoms. The number of benzene rings is 2. The zero-order valence-corrected chi connectivity index (χ0v) is 13.2. The first-order valence-corrected chi connectivity index (χ1v) is 7.54. The molecule has 0 aliphatic rings. The van der Waals surface area contributed by atoms with Crippen LogP contribution in [0.4, 0.5) is 4.79 Å². The molecule has 0 aromatic heterocycles. The topological polar surface area (TPSA) is 66.8 Å². The lowest BCUT2D eigenvalue weighted by Crippen LogP contribution is -2.36. The van der Waals surface area contributed by atoms with Crippen LogP contribution in [0.5, 0.6) is 0 Å². The summed E-state index contributed by atoms with van der Waals surface area (Å²) in [6, 6.07) is 18.8. The Balaban J connectivity index is 1.92. The Kier molecular flexibility index (Phi) is 6.58. The van der Waals surface area contributed by atoms with Gasteiger partial charge in [-0.1, -0.05) is 72.8 Å². The number of ether oxygens (including phenoxy) is 1. The molecule has 0 aliphatic heterocycles. The largest absolute Gasteiger partial charge is 0.480 e. The molecular weight excluding hydrogens is 306 g/mol. The summed E-state index contributed by atoms with van der Waals surface area (Å²) < 4.78 is 5.18. The van der Waals surface area contributed by atoms with Crippen LogP contribution in [0.3, 0.4) is 0 Å². The normalized spacial score (nSPS) is 10.5. The zero-order valence-electron chi connectivity index (χ0n) is 13.2. The van der Waals surface area contributed by atoms with Crippen LogP contribution >= 0.6 is 0 Å². The van der Waals surface area contributed by atoms with E-state index in [2.05, 4.69) is 0 Å². The Morgan fingerprint density at radius 2 is 1.62 bits per heavy atom. The van der Waals surface area contributed by atoms with Crippen LogP contribution in [-0.2, 0) is 16.1 Å². The third-order valence-corrected chi connectivity index (χ3v) is 3.23. The average Bonchev–Trinajstić information content (AvgIpc) is 2.60. The Morgan fingerprint density at radius 1 is 1.00 bits per heavy atom. The minimum absolute atomic E-state index is 0.109. The molecule has 124 valence electrons. The number of amides is 1. The van der Waals surface area contributed by atoms with Crippen LogP contribution in [0.1, 0.15) is 11.1 Å². The molecule has 0 unspecified atom stereocenters. The lowest BCUT2D eigenvalue weighted by molar-refractivity contribution is -0.137. The fourth-order valence-corrected chi connectivity index (χ4v) is 2.06. The highest BCUT2D eigenvalue weighted by Gasteiger charge is 2.16. The number of hydrogen-bond donors (Lipinski definition) is 1. The smallest absolute Gasteiger partial charge is 0.410 e. The maximum atomic E-state index is 12.1. The highest BCUT2D eigenvalue weighted by atomic mass is 16.6. The summed E-state index contributed by atoms with van der Waals surface area (Å²) in [6.45, 7) is -0.139. The molecule has 0 saturated carbocycles. The van der Waals surface area contributed by atoms with E-state index in [0.29, 0.717) is 0 Å². The van der Waals surface area contributed by atoms with Gasteiger partial charge in [-0.15, -0.1) is 0 Å². The van der Waals surface area contributed by atoms with Crippen molar-refractivity contribution in [3.05, 3.63) is 77.9 Å². The molecule has 0 atom stereocenters. The molecule has 0 radical (unpaired) electrons. The molecule has 1 amide bonds. The van der Waals surface area contributed by atoms with Crippen molar-refractivity contribution in [1.82, 2.24) is 4.90 Å². The fourth-order valence-electron chi connectivity index (χ4n) is 2.06. The molecule has 1 N–H and O–H groups in total. The van der Waals surface area contributed by atoms with Crippen molar-refractivity contribution >= 4 is 18.1 Å². The number of aliphatic carboxylic acids is 1. The van der Waals surface area contributed by atoms with Crippen molar-refractivity contribution < 1.29 is 19.4 Å². The van der Waals surface area contributed by atoms with E-state index in [1.807, 2.05) is 66.7 Å². The zero-order chi connectivity index (χ0) is 17.2. The van der Waals surface area contributed by atoms with E-state index in [-0.39, 0.29) is 13.2 Å². The molecule has 5 nitrogen and oxygen atoms in total. The Bertz CT molecular complexity index is 683. The summed E-state index contributed by atoms with van der Waals surface area (Å²) in [4.78, 5) is 24.2. The standard InChI is InChI=1S/C19H19NO4/c21-18(22)14-20(13-7-12-16-8-3-1-4-9-16)19(23)24-15-17-10-5-2-6-11-17/h1-12H,13-15H2,(H,21,22)/b12-7+. The average molecular weight is 325 g/mol. The van der Waals surface area contributed by atoms with Crippen LogP contribution in [0, 0.1) is 0 Å². The third kappa shape index (κ3) is 5.96. The van der Waals surface area contributed by atoms with Crippen molar-refractivity contribution in [2.75, 3.05) is 13.1 Å². The van der Waals surface area contributed by atoms with Crippen molar-refractivity contribution in [2.45, 2.75) is 6.61 Å². The van der Waals surface area contributed by atoms with Gasteiger partial charge in [0.25, 0.3) is 0 Å².